The number of aryl methyl sites for hydroxylation is 2. The first kappa shape index (κ1) is 16.2. The molecule has 1 aromatic carbocycles. The van der Waals surface area contributed by atoms with Gasteiger partial charge in [-0.05, 0) is 13.8 Å². The SMILES string of the molecule is CCn1cc(C(=O)Nc2cc(OC)c(Cl)cc2OC)c(C)n1. The molecule has 1 aromatic heterocycles. The van der Waals surface area contributed by atoms with Crippen molar-refractivity contribution in [3.63, 3.8) is 0 Å². The Balaban J connectivity index is 2.32. The molecule has 0 spiro atoms. The lowest BCUT2D eigenvalue weighted by Crippen LogP contribution is -2.13. The van der Waals surface area contributed by atoms with Crippen molar-refractivity contribution in [2.75, 3.05) is 19.5 Å². The summed E-state index contributed by atoms with van der Waals surface area (Å²) in [6, 6.07) is 3.22. The summed E-state index contributed by atoms with van der Waals surface area (Å²) in [5.41, 5.74) is 1.66. The number of nitrogens with one attached hydrogen (secondary N) is 1. The van der Waals surface area contributed by atoms with Gasteiger partial charge in [0.15, 0.2) is 0 Å². The maximum atomic E-state index is 12.4. The van der Waals surface area contributed by atoms with Crippen molar-refractivity contribution < 1.29 is 14.3 Å². The predicted molar refractivity (Wildman–Crippen MR) is 85.1 cm³/mol. The van der Waals surface area contributed by atoms with Crippen molar-refractivity contribution in [2.45, 2.75) is 20.4 Å². The van der Waals surface area contributed by atoms with Gasteiger partial charge < -0.3 is 14.8 Å². The summed E-state index contributed by atoms with van der Waals surface area (Å²) in [5, 5.41) is 7.47. The fourth-order valence-electron chi connectivity index (χ4n) is 2.05. The van der Waals surface area contributed by atoms with E-state index in [0.717, 1.165) is 0 Å². The second-order valence-electron chi connectivity index (χ2n) is 4.63. The zero-order chi connectivity index (χ0) is 16.3. The van der Waals surface area contributed by atoms with Gasteiger partial charge in [-0.2, -0.15) is 5.10 Å². The summed E-state index contributed by atoms with van der Waals surface area (Å²) >= 11 is 6.05. The van der Waals surface area contributed by atoms with Crippen molar-refractivity contribution in [2.24, 2.45) is 0 Å². The van der Waals surface area contributed by atoms with E-state index in [0.29, 0.717) is 40.0 Å². The van der Waals surface area contributed by atoms with Crippen molar-refractivity contribution in [3.05, 3.63) is 34.6 Å². The standard InChI is InChI=1S/C15H18ClN3O3/c1-5-19-8-10(9(2)18-19)15(20)17-12-7-13(21-3)11(16)6-14(12)22-4/h6-8H,5H2,1-4H3,(H,17,20). The third kappa shape index (κ3) is 3.17. The van der Waals surface area contributed by atoms with E-state index in [9.17, 15) is 4.79 Å². The molecule has 0 saturated heterocycles. The van der Waals surface area contributed by atoms with E-state index >= 15 is 0 Å². The summed E-state index contributed by atoms with van der Waals surface area (Å²) < 4.78 is 12.1. The Morgan fingerprint density at radius 3 is 2.55 bits per heavy atom. The van der Waals surface area contributed by atoms with Crippen LogP contribution in [0.3, 0.4) is 0 Å². The molecule has 6 nitrogen and oxygen atoms in total. The molecule has 0 radical (unpaired) electrons. The lowest BCUT2D eigenvalue weighted by atomic mass is 10.2. The fraction of sp³-hybridized carbons (Fsp3) is 0.333. The quantitative estimate of drug-likeness (QED) is 0.918. The molecule has 118 valence electrons. The lowest BCUT2D eigenvalue weighted by molar-refractivity contribution is 0.102. The van der Waals surface area contributed by atoms with Crippen LogP contribution < -0.4 is 14.8 Å². The number of hydrogen-bond donors (Lipinski definition) is 1. The van der Waals surface area contributed by atoms with Crippen molar-refractivity contribution in [3.8, 4) is 11.5 Å². The normalized spacial score (nSPS) is 10.4. The smallest absolute Gasteiger partial charge is 0.259 e. The van der Waals surface area contributed by atoms with Gasteiger partial charge >= 0.3 is 0 Å². The first-order valence-corrected chi connectivity index (χ1v) is 7.14. The number of halogens is 1. The highest BCUT2D eigenvalue weighted by Gasteiger charge is 2.17. The van der Waals surface area contributed by atoms with Crippen molar-refractivity contribution >= 4 is 23.2 Å². The molecule has 0 atom stereocenters. The van der Waals surface area contributed by atoms with Gasteiger partial charge in [0.1, 0.15) is 11.5 Å². The van der Waals surface area contributed by atoms with Crippen LogP contribution in [0.25, 0.3) is 0 Å². The van der Waals surface area contributed by atoms with E-state index < -0.39 is 0 Å². The maximum Gasteiger partial charge on any atom is 0.259 e. The Labute approximate surface area is 134 Å². The number of anilines is 1. The highest BCUT2D eigenvalue weighted by atomic mass is 35.5. The monoisotopic (exact) mass is 323 g/mol. The molecule has 1 heterocycles. The van der Waals surface area contributed by atoms with Crippen LogP contribution in [0.4, 0.5) is 5.69 Å². The molecule has 0 fully saturated rings. The molecular formula is C15H18ClN3O3. The Hall–Kier alpha value is -2.21. The zero-order valence-electron chi connectivity index (χ0n) is 12.9. The molecule has 0 bridgehead atoms. The van der Waals surface area contributed by atoms with Crippen LogP contribution in [-0.4, -0.2) is 29.9 Å². The second-order valence-corrected chi connectivity index (χ2v) is 5.03. The molecule has 22 heavy (non-hydrogen) atoms. The number of ether oxygens (including phenoxy) is 2. The molecule has 7 heteroatoms. The average molecular weight is 324 g/mol. The largest absolute Gasteiger partial charge is 0.495 e. The molecule has 0 aliphatic heterocycles. The zero-order valence-corrected chi connectivity index (χ0v) is 13.7. The number of hydrogen-bond acceptors (Lipinski definition) is 4. The Morgan fingerprint density at radius 2 is 2.00 bits per heavy atom. The van der Waals surface area contributed by atoms with Gasteiger partial charge in [-0.1, -0.05) is 11.6 Å². The van der Waals surface area contributed by atoms with Gasteiger partial charge in [-0.25, -0.2) is 0 Å². The molecule has 2 rings (SSSR count). The van der Waals surface area contributed by atoms with Gasteiger partial charge in [-0.3, -0.25) is 9.48 Å². The van der Waals surface area contributed by atoms with E-state index in [1.807, 2.05) is 6.92 Å². The first-order chi connectivity index (χ1) is 10.5. The summed E-state index contributed by atoms with van der Waals surface area (Å²) in [6.45, 7) is 4.45. The van der Waals surface area contributed by atoms with Gasteiger partial charge in [-0.15, -0.1) is 0 Å². The average Bonchev–Trinajstić information content (AvgIpc) is 2.89. The van der Waals surface area contributed by atoms with Crippen LogP contribution in [-0.2, 0) is 6.54 Å². The van der Waals surface area contributed by atoms with Crippen LogP contribution in [0, 0.1) is 6.92 Å². The number of rotatable bonds is 5. The highest BCUT2D eigenvalue weighted by molar-refractivity contribution is 6.32. The van der Waals surface area contributed by atoms with Crippen molar-refractivity contribution in [1.29, 1.82) is 0 Å². The van der Waals surface area contributed by atoms with Gasteiger partial charge in [0.05, 0.1) is 36.2 Å². The minimum absolute atomic E-state index is 0.264. The number of carbonyl (C=O) groups excluding carboxylic acids is 1. The Kier molecular flexibility index (Phi) is 4.92. The van der Waals surface area contributed by atoms with E-state index in [-0.39, 0.29) is 5.91 Å². The van der Waals surface area contributed by atoms with Gasteiger partial charge in [0.2, 0.25) is 0 Å². The molecule has 2 aromatic rings. The first-order valence-electron chi connectivity index (χ1n) is 6.77. The van der Waals surface area contributed by atoms with Crippen LogP contribution in [0.2, 0.25) is 5.02 Å². The van der Waals surface area contributed by atoms with E-state index in [4.69, 9.17) is 21.1 Å². The van der Waals surface area contributed by atoms with Crippen LogP contribution >= 0.6 is 11.6 Å². The molecule has 0 unspecified atom stereocenters. The van der Waals surface area contributed by atoms with E-state index in [1.54, 1.807) is 29.9 Å². The molecule has 0 aliphatic carbocycles. The molecule has 1 N–H and O–H groups in total. The van der Waals surface area contributed by atoms with Crippen molar-refractivity contribution in [1.82, 2.24) is 9.78 Å². The number of methoxy groups -OCH3 is 2. The Morgan fingerprint density at radius 1 is 1.32 bits per heavy atom. The van der Waals surface area contributed by atoms with E-state index in [2.05, 4.69) is 10.4 Å². The molecule has 0 saturated carbocycles. The van der Waals surface area contributed by atoms with Crippen LogP contribution in [0.1, 0.15) is 23.0 Å². The summed E-state index contributed by atoms with van der Waals surface area (Å²) in [4.78, 5) is 12.4. The molecule has 1 amide bonds. The van der Waals surface area contributed by atoms with Gasteiger partial charge in [0.25, 0.3) is 5.91 Å². The lowest BCUT2D eigenvalue weighted by Gasteiger charge is -2.12. The third-order valence-electron chi connectivity index (χ3n) is 3.24. The molecular weight excluding hydrogens is 306 g/mol. The van der Waals surface area contributed by atoms with Crippen LogP contribution in [0.15, 0.2) is 18.3 Å². The highest BCUT2D eigenvalue weighted by Crippen LogP contribution is 2.36. The summed E-state index contributed by atoms with van der Waals surface area (Å²) in [5.74, 6) is 0.651. The molecule has 0 aliphatic rings. The third-order valence-corrected chi connectivity index (χ3v) is 3.53. The topological polar surface area (TPSA) is 65.4 Å². The fourth-order valence-corrected chi connectivity index (χ4v) is 2.28. The summed E-state index contributed by atoms with van der Waals surface area (Å²) in [6.07, 6.45) is 1.71. The minimum Gasteiger partial charge on any atom is -0.495 e. The Bertz CT molecular complexity index is 698. The number of benzene rings is 1. The predicted octanol–water partition coefficient (Wildman–Crippen LogP) is 3.13. The maximum absolute atomic E-state index is 12.4. The summed E-state index contributed by atoms with van der Waals surface area (Å²) in [7, 11) is 3.02. The minimum atomic E-state index is -0.264. The number of aromatic nitrogens is 2. The number of amides is 1. The second kappa shape index (κ2) is 6.70. The van der Waals surface area contributed by atoms with Gasteiger partial charge in [0, 0.05) is 24.9 Å². The van der Waals surface area contributed by atoms with Crippen LogP contribution in [0.5, 0.6) is 11.5 Å². The van der Waals surface area contributed by atoms with E-state index in [1.165, 1.54) is 14.2 Å². The number of carbonyl (C=O) groups is 1. The number of nitrogens with zero attached hydrogens (tertiary/aromatic N) is 2.